The number of anilines is 3. The van der Waals surface area contributed by atoms with Crippen LogP contribution in [0.2, 0.25) is 0 Å². The summed E-state index contributed by atoms with van der Waals surface area (Å²) in [6, 6.07) is 2.36. The number of piperidine rings is 1. The maximum Gasteiger partial charge on any atom is 0.408 e. The lowest BCUT2D eigenvalue weighted by atomic mass is 10.1. The molecule has 1 atom stereocenters. The fourth-order valence-corrected chi connectivity index (χ4v) is 5.42. The van der Waals surface area contributed by atoms with E-state index in [0.29, 0.717) is 37.5 Å². The molecule has 0 saturated carbocycles. The Balaban J connectivity index is 1.25. The molecule has 260 valence electrons. The third-order valence-corrected chi connectivity index (χ3v) is 7.93. The van der Waals surface area contributed by atoms with E-state index in [9.17, 15) is 14.4 Å². The van der Waals surface area contributed by atoms with Gasteiger partial charge in [0, 0.05) is 49.8 Å². The van der Waals surface area contributed by atoms with Gasteiger partial charge in [0.1, 0.15) is 35.3 Å². The first-order chi connectivity index (χ1) is 23.4. The highest BCUT2D eigenvalue weighted by atomic mass is 19.1. The number of nitrogens with zero attached hydrogens (tertiary/aromatic N) is 6. The summed E-state index contributed by atoms with van der Waals surface area (Å²) in [6.45, 7) is 8.03. The summed E-state index contributed by atoms with van der Waals surface area (Å²) in [5.74, 6) is -2.17. The van der Waals surface area contributed by atoms with Crippen molar-refractivity contribution in [3.05, 3.63) is 65.9 Å². The standard InChI is InChI=1S/C33H39F2N9O5/c1-6-19-14-37-31(38-15-19)43-11-9-21(10-12-43)44-17-23(35)26-27(39-18-40-28(26)44)41-24-8-7-20(13-22(24)34)29(45)36-16-25(30(46)48-5)42-32(47)49-33(2,3)4/h7-8,13-15,17-18,21,25H,6,9-12,16H2,1-5H3,(H,36,45)(H,42,47)(H,39,40,41)/t25-/m0/s1. The number of benzene rings is 1. The summed E-state index contributed by atoms with van der Waals surface area (Å²) in [6.07, 6.45) is 7.74. The second-order valence-electron chi connectivity index (χ2n) is 12.5. The number of hydrogen-bond donors (Lipinski definition) is 3. The first-order valence-corrected chi connectivity index (χ1v) is 15.9. The molecule has 1 aliphatic heterocycles. The summed E-state index contributed by atoms with van der Waals surface area (Å²) in [7, 11) is 1.13. The smallest absolute Gasteiger partial charge is 0.408 e. The summed E-state index contributed by atoms with van der Waals surface area (Å²) < 4.78 is 42.3. The number of carbonyl (C=O) groups excluding carboxylic acids is 3. The fraction of sp³-hybridized carbons (Fsp3) is 0.424. The molecule has 3 aromatic heterocycles. The minimum atomic E-state index is -1.25. The molecule has 0 spiro atoms. The molecular weight excluding hydrogens is 640 g/mol. The van der Waals surface area contributed by atoms with Gasteiger partial charge in [0.05, 0.1) is 18.2 Å². The van der Waals surface area contributed by atoms with Crippen LogP contribution in [0.15, 0.2) is 43.1 Å². The summed E-state index contributed by atoms with van der Waals surface area (Å²) >= 11 is 0. The monoisotopic (exact) mass is 679 g/mol. The average molecular weight is 680 g/mol. The average Bonchev–Trinajstić information content (AvgIpc) is 3.43. The van der Waals surface area contributed by atoms with Crippen molar-refractivity contribution in [2.45, 2.75) is 64.6 Å². The maximum absolute atomic E-state index is 15.4. The van der Waals surface area contributed by atoms with Crippen molar-refractivity contribution >= 4 is 46.5 Å². The highest BCUT2D eigenvalue weighted by molar-refractivity contribution is 5.95. The molecule has 1 aliphatic rings. The number of amides is 2. The zero-order chi connectivity index (χ0) is 35.3. The van der Waals surface area contributed by atoms with E-state index in [2.05, 4.69) is 40.8 Å². The van der Waals surface area contributed by atoms with Crippen molar-refractivity contribution < 1.29 is 32.6 Å². The lowest BCUT2D eigenvalue weighted by Crippen LogP contribution is -2.50. The second kappa shape index (κ2) is 14.8. The van der Waals surface area contributed by atoms with Gasteiger partial charge in [-0.25, -0.2) is 38.3 Å². The lowest BCUT2D eigenvalue weighted by molar-refractivity contribution is -0.142. The topological polar surface area (TPSA) is 165 Å². The number of methoxy groups -OCH3 is 1. The van der Waals surface area contributed by atoms with E-state index in [1.54, 1.807) is 25.3 Å². The fourth-order valence-electron chi connectivity index (χ4n) is 5.42. The summed E-state index contributed by atoms with van der Waals surface area (Å²) in [4.78, 5) is 56.7. The number of carbonyl (C=O) groups is 3. The van der Waals surface area contributed by atoms with Crippen molar-refractivity contribution in [1.29, 1.82) is 0 Å². The number of rotatable bonds is 10. The van der Waals surface area contributed by atoms with E-state index in [0.717, 1.165) is 25.2 Å². The van der Waals surface area contributed by atoms with Gasteiger partial charge < -0.3 is 34.9 Å². The molecule has 1 aromatic carbocycles. The predicted molar refractivity (Wildman–Crippen MR) is 177 cm³/mol. The molecule has 1 saturated heterocycles. The Morgan fingerprint density at radius 2 is 1.76 bits per heavy atom. The highest BCUT2D eigenvalue weighted by Crippen LogP contribution is 2.33. The molecule has 0 aliphatic carbocycles. The molecule has 49 heavy (non-hydrogen) atoms. The molecule has 0 bridgehead atoms. The van der Waals surface area contributed by atoms with E-state index in [4.69, 9.17) is 9.47 Å². The van der Waals surface area contributed by atoms with Crippen molar-refractivity contribution in [2.75, 3.05) is 37.0 Å². The molecule has 16 heteroatoms. The summed E-state index contributed by atoms with van der Waals surface area (Å²) in [5, 5.41) is 7.77. The number of aryl methyl sites for hydroxylation is 1. The zero-order valence-electron chi connectivity index (χ0n) is 27.9. The molecule has 14 nitrogen and oxygen atoms in total. The molecule has 4 aromatic rings. The van der Waals surface area contributed by atoms with Crippen LogP contribution in [0.5, 0.6) is 0 Å². The maximum atomic E-state index is 15.4. The van der Waals surface area contributed by atoms with E-state index in [1.807, 2.05) is 19.3 Å². The first kappa shape index (κ1) is 34.9. The third-order valence-electron chi connectivity index (χ3n) is 7.93. The minimum absolute atomic E-state index is 0.0337. The number of hydrogen-bond acceptors (Lipinski definition) is 11. The van der Waals surface area contributed by atoms with Crippen LogP contribution >= 0.6 is 0 Å². The molecule has 0 unspecified atom stereocenters. The van der Waals surface area contributed by atoms with Crippen molar-refractivity contribution in [3.63, 3.8) is 0 Å². The van der Waals surface area contributed by atoms with Crippen LogP contribution in [-0.4, -0.2) is 80.9 Å². The van der Waals surface area contributed by atoms with Crippen molar-refractivity contribution in [2.24, 2.45) is 0 Å². The Morgan fingerprint density at radius 1 is 1.04 bits per heavy atom. The number of fused-ring (bicyclic) bond motifs is 1. The van der Waals surface area contributed by atoms with Crippen LogP contribution in [0.3, 0.4) is 0 Å². The van der Waals surface area contributed by atoms with Gasteiger partial charge in [0.25, 0.3) is 5.91 Å². The Labute approximate surface area is 281 Å². The number of esters is 1. The molecule has 2 amide bonds. The van der Waals surface area contributed by atoms with Gasteiger partial charge >= 0.3 is 12.1 Å². The van der Waals surface area contributed by atoms with E-state index in [-0.39, 0.29) is 35.0 Å². The Kier molecular flexibility index (Phi) is 10.5. The third kappa shape index (κ3) is 8.36. The van der Waals surface area contributed by atoms with E-state index in [1.165, 1.54) is 24.7 Å². The van der Waals surface area contributed by atoms with Crippen molar-refractivity contribution in [3.8, 4) is 0 Å². The minimum Gasteiger partial charge on any atom is -0.467 e. The Hall–Kier alpha value is -5.41. The predicted octanol–water partition coefficient (Wildman–Crippen LogP) is 4.44. The molecule has 0 radical (unpaired) electrons. The van der Waals surface area contributed by atoms with Crippen LogP contribution < -0.4 is 20.9 Å². The van der Waals surface area contributed by atoms with Crippen LogP contribution in [0.1, 0.15) is 62.5 Å². The van der Waals surface area contributed by atoms with Gasteiger partial charge in [0.2, 0.25) is 5.95 Å². The normalized spacial score (nSPS) is 14.3. The molecule has 1 fully saturated rings. The van der Waals surface area contributed by atoms with E-state index < -0.39 is 41.2 Å². The first-order valence-electron chi connectivity index (χ1n) is 15.9. The number of halogens is 2. The lowest BCUT2D eigenvalue weighted by Gasteiger charge is -2.32. The molecular formula is C33H39F2N9O5. The second-order valence-corrected chi connectivity index (χ2v) is 12.5. The SMILES string of the molecule is CCc1cnc(N2CCC(n3cc(F)c4c(Nc5ccc(C(=O)NC[C@H](NC(=O)OC(C)(C)C)C(=O)OC)cc5F)ncnc43)CC2)nc1. The van der Waals surface area contributed by atoms with Gasteiger partial charge in [-0.2, -0.15) is 0 Å². The number of aromatic nitrogens is 5. The van der Waals surface area contributed by atoms with Crippen LogP contribution in [-0.2, 0) is 20.7 Å². The van der Waals surface area contributed by atoms with Gasteiger partial charge in [-0.15, -0.1) is 0 Å². The number of alkyl carbamates (subject to hydrolysis) is 1. The molecule has 4 heterocycles. The van der Waals surface area contributed by atoms with Gasteiger partial charge in [-0.3, -0.25) is 4.79 Å². The summed E-state index contributed by atoms with van der Waals surface area (Å²) in [5.41, 5.74) is 0.505. The van der Waals surface area contributed by atoms with Gasteiger partial charge in [0.15, 0.2) is 5.82 Å². The number of nitrogens with one attached hydrogen (secondary N) is 3. The molecule has 3 N–H and O–H groups in total. The Bertz CT molecular complexity index is 1820. The van der Waals surface area contributed by atoms with Gasteiger partial charge in [-0.1, -0.05) is 6.92 Å². The van der Waals surface area contributed by atoms with Crippen LogP contribution in [0, 0.1) is 11.6 Å². The van der Waals surface area contributed by atoms with E-state index >= 15 is 8.78 Å². The van der Waals surface area contributed by atoms with Crippen LogP contribution in [0.4, 0.5) is 31.0 Å². The van der Waals surface area contributed by atoms with Crippen molar-refractivity contribution in [1.82, 2.24) is 35.1 Å². The quantitative estimate of drug-likeness (QED) is 0.203. The largest absolute Gasteiger partial charge is 0.467 e. The van der Waals surface area contributed by atoms with Crippen LogP contribution in [0.25, 0.3) is 11.0 Å². The molecule has 5 rings (SSSR count). The zero-order valence-corrected chi connectivity index (χ0v) is 27.9. The highest BCUT2D eigenvalue weighted by Gasteiger charge is 2.28. The number of ether oxygens (including phenoxy) is 2. The Morgan fingerprint density at radius 3 is 2.39 bits per heavy atom. The van der Waals surface area contributed by atoms with Gasteiger partial charge in [-0.05, 0) is 63.8 Å².